The molecule has 0 aromatic heterocycles. The lowest BCUT2D eigenvalue weighted by atomic mass is 10.2. The van der Waals surface area contributed by atoms with E-state index in [0.29, 0.717) is 13.0 Å². The van der Waals surface area contributed by atoms with E-state index >= 15 is 0 Å². The molecule has 1 heterocycles. The summed E-state index contributed by atoms with van der Waals surface area (Å²) in [5.74, 6) is -0.709. The van der Waals surface area contributed by atoms with Gasteiger partial charge in [-0.25, -0.2) is 9.18 Å². The second-order valence-corrected chi connectivity index (χ2v) is 6.66. The highest BCUT2D eigenvalue weighted by Crippen LogP contribution is 2.37. The Labute approximate surface area is 138 Å². The van der Waals surface area contributed by atoms with Crippen LogP contribution < -0.4 is 16.0 Å². The molecule has 0 saturated carbocycles. The molecule has 2 rings (SSSR count). The van der Waals surface area contributed by atoms with E-state index in [9.17, 15) is 19.3 Å². The first kappa shape index (κ1) is 17.8. The van der Waals surface area contributed by atoms with E-state index in [2.05, 4.69) is 5.32 Å². The van der Waals surface area contributed by atoms with Gasteiger partial charge in [0.2, 0.25) is 0 Å². The van der Waals surface area contributed by atoms with Gasteiger partial charge in [0.25, 0.3) is 5.69 Å². The number of nitro benzene ring substituents is 1. The van der Waals surface area contributed by atoms with Crippen molar-refractivity contribution in [2.75, 3.05) is 23.7 Å². The summed E-state index contributed by atoms with van der Waals surface area (Å²) in [4.78, 5) is 24.0. The second-order valence-electron chi connectivity index (χ2n) is 6.66. The predicted molar refractivity (Wildman–Crippen MR) is 87.5 cm³/mol. The number of nitrogens with two attached hydrogens (primary N) is 1. The van der Waals surface area contributed by atoms with Crippen molar-refractivity contribution in [3.8, 4) is 0 Å². The Balaban J connectivity index is 2.13. The molecule has 0 aliphatic carbocycles. The van der Waals surface area contributed by atoms with Crippen molar-refractivity contribution in [3.63, 3.8) is 0 Å². The highest BCUT2D eigenvalue weighted by Gasteiger charge is 2.32. The fourth-order valence-corrected chi connectivity index (χ4v) is 2.61. The topological polar surface area (TPSA) is 111 Å². The summed E-state index contributed by atoms with van der Waals surface area (Å²) in [7, 11) is 0. The Bertz CT molecular complexity index is 660. The van der Waals surface area contributed by atoms with Gasteiger partial charge in [0.15, 0.2) is 0 Å². The molecule has 1 amide bonds. The highest BCUT2D eigenvalue weighted by atomic mass is 19.1. The van der Waals surface area contributed by atoms with Crippen LogP contribution in [-0.4, -0.2) is 35.7 Å². The van der Waals surface area contributed by atoms with E-state index in [1.807, 2.05) is 0 Å². The van der Waals surface area contributed by atoms with Gasteiger partial charge in [-0.1, -0.05) is 0 Å². The number of nitrogens with one attached hydrogen (secondary N) is 1. The van der Waals surface area contributed by atoms with Gasteiger partial charge in [0.05, 0.1) is 16.7 Å². The molecule has 24 heavy (non-hydrogen) atoms. The Kier molecular flexibility index (Phi) is 4.81. The molecule has 1 aromatic rings. The molecule has 1 aliphatic heterocycles. The van der Waals surface area contributed by atoms with Crippen molar-refractivity contribution in [2.24, 2.45) is 0 Å². The van der Waals surface area contributed by atoms with Crippen molar-refractivity contribution >= 4 is 23.2 Å². The maximum atomic E-state index is 13.7. The van der Waals surface area contributed by atoms with Crippen LogP contribution in [0.5, 0.6) is 0 Å². The van der Waals surface area contributed by atoms with E-state index in [4.69, 9.17) is 10.5 Å². The minimum absolute atomic E-state index is 0.0495. The molecular weight excluding hydrogens is 319 g/mol. The molecule has 1 fully saturated rings. The normalized spacial score (nSPS) is 17.7. The molecule has 1 atom stereocenters. The SMILES string of the molecule is CC(C)(C)OC(=O)N[C@H]1CCN(c2c([N+](=O)[O-])ccc(F)c2N)C1. The third kappa shape index (κ3) is 4.03. The van der Waals surface area contributed by atoms with E-state index < -0.39 is 22.4 Å². The fraction of sp³-hybridized carbons (Fsp3) is 0.533. The van der Waals surface area contributed by atoms with Crippen LogP contribution in [0.1, 0.15) is 27.2 Å². The molecule has 9 heteroatoms. The third-order valence-corrected chi connectivity index (χ3v) is 3.56. The molecule has 132 valence electrons. The molecule has 0 radical (unpaired) electrons. The summed E-state index contributed by atoms with van der Waals surface area (Å²) in [5, 5.41) is 13.9. The number of hydrogen-bond donors (Lipinski definition) is 2. The standard InChI is InChI=1S/C15H21FN4O4/c1-15(2,3)24-14(21)18-9-6-7-19(8-9)13-11(20(22)23)5-4-10(16)12(13)17/h4-5,9H,6-8,17H2,1-3H3,(H,18,21)/t9-/m0/s1. The van der Waals surface area contributed by atoms with Gasteiger partial charge in [-0.2, -0.15) is 0 Å². The largest absolute Gasteiger partial charge is 0.444 e. The van der Waals surface area contributed by atoms with Gasteiger partial charge in [-0.15, -0.1) is 0 Å². The maximum absolute atomic E-state index is 13.7. The van der Waals surface area contributed by atoms with Crippen molar-refractivity contribution in [1.82, 2.24) is 5.32 Å². The number of benzene rings is 1. The quantitative estimate of drug-likeness (QED) is 0.497. The van der Waals surface area contributed by atoms with Gasteiger partial charge in [0, 0.05) is 19.2 Å². The molecule has 1 aromatic carbocycles. The highest BCUT2D eigenvalue weighted by molar-refractivity contribution is 5.79. The van der Waals surface area contributed by atoms with Crippen molar-refractivity contribution in [3.05, 3.63) is 28.1 Å². The zero-order valence-electron chi connectivity index (χ0n) is 13.8. The van der Waals surface area contributed by atoms with Crippen LogP contribution in [0.2, 0.25) is 0 Å². The Morgan fingerprint density at radius 3 is 2.75 bits per heavy atom. The van der Waals surface area contributed by atoms with Gasteiger partial charge in [0.1, 0.15) is 17.1 Å². The fourth-order valence-electron chi connectivity index (χ4n) is 2.61. The number of anilines is 2. The number of rotatable bonds is 3. The van der Waals surface area contributed by atoms with Gasteiger partial charge >= 0.3 is 6.09 Å². The average Bonchev–Trinajstić information content (AvgIpc) is 2.87. The lowest BCUT2D eigenvalue weighted by molar-refractivity contribution is -0.384. The summed E-state index contributed by atoms with van der Waals surface area (Å²) in [5.41, 5.74) is 4.61. The Morgan fingerprint density at radius 1 is 1.50 bits per heavy atom. The van der Waals surface area contributed by atoms with Gasteiger partial charge in [-0.3, -0.25) is 10.1 Å². The first-order valence-corrected chi connectivity index (χ1v) is 7.55. The van der Waals surface area contributed by atoms with E-state index in [-0.39, 0.29) is 29.6 Å². The smallest absolute Gasteiger partial charge is 0.407 e. The van der Waals surface area contributed by atoms with Crippen molar-refractivity contribution < 1.29 is 18.8 Å². The van der Waals surface area contributed by atoms with Crippen LogP contribution in [-0.2, 0) is 4.74 Å². The number of amides is 1. The molecule has 0 bridgehead atoms. The minimum atomic E-state index is -0.709. The molecule has 8 nitrogen and oxygen atoms in total. The van der Waals surface area contributed by atoms with Gasteiger partial charge < -0.3 is 20.7 Å². The third-order valence-electron chi connectivity index (χ3n) is 3.56. The number of nitrogens with zero attached hydrogens (tertiary/aromatic N) is 2. The number of halogens is 1. The maximum Gasteiger partial charge on any atom is 0.407 e. The number of nitro groups is 1. The first-order chi connectivity index (χ1) is 11.1. The predicted octanol–water partition coefficient (Wildman–Crippen LogP) is 2.42. The number of hydrogen-bond acceptors (Lipinski definition) is 6. The lowest BCUT2D eigenvalue weighted by Gasteiger charge is -2.23. The van der Waals surface area contributed by atoms with Crippen LogP contribution in [0, 0.1) is 15.9 Å². The molecule has 3 N–H and O–H groups in total. The van der Waals surface area contributed by atoms with Crippen LogP contribution >= 0.6 is 0 Å². The Morgan fingerprint density at radius 2 is 2.17 bits per heavy atom. The molecule has 1 saturated heterocycles. The van der Waals surface area contributed by atoms with Gasteiger partial charge in [-0.05, 0) is 33.3 Å². The number of carbonyl (C=O) groups excluding carboxylic acids is 1. The summed E-state index contributed by atoms with van der Waals surface area (Å²) in [6, 6.07) is 1.81. The van der Waals surface area contributed by atoms with Crippen LogP contribution in [0.3, 0.4) is 0 Å². The zero-order chi connectivity index (χ0) is 18.1. The minimum Gasteiger partial charge on any atom is -0.444 e. The molecule has 0 unspecified atom stereocenters. The van der Waals surface area contributed by atoms with Crippen LogP contribution in [0.15, 0.2) is 12.1 Å². The van der Waals surface area contributed by atoms with Crippen molar-refractivity contribution in [1.29, 1.82) is 0 Å². The number of nitrogen functional groups attached to an aromatic ring is 1. The summed E-state index contributed by atoms with van der Waals surface area (Å²) in [6.07, 6.45) is -0.0112. The Hall–Kier alpha value is -2.58. The van der Waals surface area contributed by atoms with Crippen molar-refractivity contribution in [2.45, 2.75) is 38.8 Å². The second kappa shape index (κ2) is 6.50. The molecule has 1 aliphatic rings. The monoisotopic (exact) mass is 340 g/mol. The summed E-state index contributed by atoms with van der Waals surface area (Å²) >= 11 is 0. The number of alkyl carbamates (subject to hydrolysis) is 1. The van der Waals surface area contributed by atoms with Crippen LogP contribution in [0.25, 0.3) is 0 Å². The number of ether oxygens (including phenoxy) is 1. The average molecular weight is 340 g/mol. The molecule has 0 spiro atoms. The van der Waals surface area contributed by atoms with Crippen LogP contribution in [0.4, 0.5) is 26.2 Å². The molecular formula is C15H21FN4O4. The summed E-state index contributed by atoms with van der Waals surface area (Å²) < 4.78 is 18.9. The van der Waals surface area contributed by atoms with E-state index in [1.165, 1.54) is 0 Å². The lowest BCUT2D eigenvalue weighted by Crippen LogP contribution is -2.40. The number of carbonyl (C=O) groups is 1. The zero-order valence-corrected chi connectivity index (χ0v) is 13.8. The van der Waals surface area contributed by atoms with E-state index in [0.717, 1.165) is 12.1 Å². The van der Waals surface area contributed by atoms with E-state index in [1.54, 1.807) is 25.7 Å². The summed E-state index contributed by atoms with van der Waals surface area (Å²) in [6.45, 7) is 5.96. The first-order valence-electron chi connectivity index (χ1n) is 7.55.